The summed E-state index contributed by atoms with van der Waals surface area (Å²) in [6.45, 7) is 5.59. The van der Waals surface area contributed by atoms with Gasteiger partial charge in [-0.1, -0.05) is 0 Å². The van der Waals surface area contributed by atoms with Crippen LogP contribution in [0.3, 0.4) is 0 Å². The van der Waals surface area contributed by atoms with E-state index in [4.69, 9.17) is 9.47 Å². The monoisotopic (exact) mass is 337 g/mol. The van der Waals surface area contributed by atoms with E-state index in [1.165, 1.54) is 18.2 Å². The zero-order chi connectivity index (χ0) is 17.5. The SMILES string of the molecule is CC(C)(C)OC(=O)N1[C@@H]2CC[C@H]1C[C@@H](Oc1ccc(F)c(O)c1)C2. The molecule has 2 aliphatic rings. The highest BCUT2D eigenvalue weighted by atomic mass is 19.1. The van der Waals surface area contributed by atoms with Crippen molar-refractivity contribution in [3.63, 3.8) is 0 Å². The molecule has 0 unspecified atom stereocenters. The van der Waals surface area contributed by atoms with Gasteiger partial charge in [-0.05, 0) is 45.7 Å². The van der Waals surface area contributed by atoms with Crippen molar-refractivity contribution in [3.05, 3.63) is 24.0 Å². The highest BCUT2D eigenvalue weighted by molar-refractivity contribution is 5.69. The second kappa shape index (κ2) is 6.15. The number of amides is 1. The summed E-state index contributed by atoms with van der Waals surface area (Å²) in [7, 11) is 0. The average molecular weight is 337 g/mol. The van der Waals surface area contributed by atoms with E-state index in [0.717, 1.165) is 12.8 Å². The number of hydrogen-bond acceptors (Lipinski definition) is 4. The number of hydrogen-bond donors (Lipinski definition) is 1. The highest BCUT2D eigenvalue weighted by Gasteiger charge is 2.45. The summed E-state index contributed by atoms with van der Waals surface area (Å²) in [5.74, 6) is -0.632. The van der Waals surface area contributed by atoms with Crippen LogP contribution in [0.5, 0.6) is 11.5 Å². The Bertz CT molecular complexity index is 614. The smallest absolute Gasteiger partial charge is 0.410 e. The van der Waals surface area contributed by atoms with Gasteiger partial charge in [0, 0.05) is 31.0 Å². The molecule has 1 aromatic rings. The van der Waals surface area contributed by atoms with E-state index in [-0.39, 0.29) is 24.3 Å². The lowest BCUT2D eigenvalue weighted by atomic mass is 10.00. The van der Waals surface area contributed by atoms with Crippen LogP contribution in [0.2, 0.25) is 0 Å². The Labute approximate surface area is 141 Å². The molecule has 1 aromatic carbocycles. The van der Waals surface area contributed by atoms with Gasteiger partial charge in [-0.3, -0.25) is 0 Å². The molecule has 3 rings (SSSR count). The fourth-order valence-corrected chi connectivity index (χ4v) is 3.59. The summed E-state index contributed by atoms with van der Waals surface area (Å²) >= 11 is 0. The van der Waals surface area contributed by atoms with Crippen molar-refractivity contribution in [1.82, 2.24) is 4.90 Å². The number of halogens is 1. The van der Waals surface area contributed by atoms with Gasteiger partial charge in [0.05, 0.1) is 0 Å². The van der Waals surface area contributed by atoms with E-state index in [1.54, 1.807) is 0 Å². The van der Waals surface area contributed by atoms with E-state index in [1.807, 2.05) is 25.7 Å². The third-order valence-corrected chi connectivity index (χ3v) is 4.51. The maximum atomic E-state index is 13.1. The van der Waals surface area contributed by atoms with Gasteiger partial charge in [-0.2, -0.15) is 0 Å². The fraction of sp³-hybridized carbons (Fsp3) is 0.611. The maximum Gasteiger partial charge on any atom is 0.410 e. The van der Waals surface area contributed by atoms with E-state index in [9.17, 15) is 14.3 Å². The van der Waals surface area contributed by atoms with Gasteiger partial charge in [0.15, 0.2) is 11.6 Å². The number of phenols is 1. The van der Waals surface area contributed by atoms with Crippen molar-refractivity contribution in [2.75, 3.05) is 0 Å². The van der Waals surface area contributed by atoms with Crippen molar-refractivity contribution >= 4 is 6.09 Å². The van der Waals surface area contributed by atoms with Gasteiger partial charge < -0.3 is 19.5 Å². The molecule has 132 valence electrons. The standard InChI is InChI=1S/C18H24FNO4/c1-18(2,3)24-17(22)20-11-4-5-12(20)9-14(8-11)23-13-6-7-15(19)16(21)10-13/h6-7,10-12,14,21H,4-5,8-9H2,1-3H3/t11-,12+,14+. The topological polar surface area (TPSA) is 59.0 Å². The number of carbonyl (C=O) groups excluding carboxylic acids is 1. The minimum Gasteiger partial charge on any atom is -0.505 e. The Balaban J connectivity index is 1.64. The van der Waals surface area contributed by atoms with Gasteiger partial charge in [0.25, 0.3) is 0 Å². The summed E-state index contributed by atoms with van der Waals surface area (Å²) in [5, 5.41) is 9.44. The van der Waals surface area contributed by atoms with Gasteiger partial charge >= 0.3 is 6.09 Å². The van der Waals surface area contributed by atoms with Gasteiger partial charge in [-0.25, -0.2) is 9.18 Å². The van der Waals surface area contributed by atoms with Crippen molar-refractivity contribution < 1.29 is 23.8 Å². The first-order valence-corrected chi connectivity index (χ1v) is 8.39. The molecular weight excluding hydrogens is 313 g/mol. The third-order valence-electron chi connectivity index (χ3n) is 4.51. The molecule has 1 N–H and O–H groups in total. The lowest BCUT2D eigenvalue weighted by Crippen LogP contribution is -2.50. The number of ether oxygens (including phenoxy) is 2. The molecule has 6 heteroatoms. The van der Waals surface area contributed by atoms with E-state index in [2.05, 4.69) is 0 Å². The van der Waals surface area contributed by atoms with E-state index in [0.29, 0.717) is 18.6 Å². The molecule has 3 atom stereocenters. The lowest BCUT2D eigenvalue weighted by Gasteiger charge is -2.39. The van der Waals surface area contributed by atoms with Crippen molar-refractivity contribution in [3.8, 4) is 11.5 Å². The van der Waals surface area contributed by atoms with Crippen LogP contribution in [0.25, 0.3) is 0 Å². The first-order chi connectivity index (χ1) is 11.2. The molecule has 2 heterocycles. The van der Waals surface area contributed by atoms with Crippen LogP contribution in [-0.2, 0) is 4.74 Å². The second-order valence-corrected chi connectivity index (χ2v) is 7.60. The molecule has 0 radical (unpaired) electrons. The van der Waals surface area contributed by atoms with Crippen molar-refractivity contribution in [2.24, 2.45) is 0 Å². The number of piperidine rings is 1. The highest BCUT2D eigenvalue weighted by Crippen LogP contribution is 2.38. The minimum atomic E-state index is -0.665. The van der Waals surface area contributed by atoms with Gasteiger partial charge in [0.2, 0.25) is 0 Å². The van der Waals surface area contributed by atoms with Crippen LogP contribution in [0.4, 0.5) is 9.18 Å². The lowest BCUT2D eigenvalue weighted by molar-refractivity contribution is -0.00709. The summed E-state index contributed by atoms with van der Waals surface area (Å²) in [4.78, 5) is 14.3. The van der Waals surface area contributed by atoms with Crippen molar-refractivity contribution in [1.29, 1.82) is 0 Å². The van der Waals surface area contributed by atoms with Crippen LogP contribution in [0.1, 0.15) is 46.5 Å². The zero-order valence-electron chi connectivity index (χ0n) is 14.3. The number of phenolic OH excluding ortho intramolecular Hbond substituents is 1. The molecule has 5 nitrogen and oxygen atoms in total. The Morgan fingerprint density at radius 1 is 1.25 bits per heavy atom. The van der Waals surface area contributed by atoms with E-state index >= 15 is 0 Å². The number of rotatable bonds is 2. The van der Waals surface area contributed by atoms with Crippen LogP contribution >= 0.6 is 0 Å². The predicted molar refractivity (Wildman–Crippen MR) is 86.6 cm³/mol. The Morgan fingerprint density at radius 3 is 2.42 bits per heavy atom. The number of nitrogens with zero attached hydrogens (tertiary/aromatic N) is 1. The van der Waals surface area contributed by atoms with Crippen LogP contribution in [0.15, 0.2) is 18.2 Å². The van der Waals surface area contributed by atoms with Crippen molar-refractivity contribution in [2.45, 2.75) is 70.2 Å². The van der Waals surface area contributed by atoms with Gasteiger partial charge in [-0.15, -0.1) is 0 Å². The zero-order valence-corrected chi connectivity index (χ0v) is 14.3. The summed E-state index contributed by atoms with van der Waals surface area (Å²) < 4.78 is 24.5. The molecule has 2 saturated heterocycles. The fourth-order valence-electron chi connectivity index (χ4n) is 3.59. The molecule has 0 aliphatic carbocycles. The molecule has 0 saturated carbocycles. The minimum absolute atomic E-state index is 0.0500. The van der Waals surface area contributed by atoms with E-state index < -0.39 is 17.2 Å². The predicted octanol–water partition coefficient (Wildman–Crippen LogP) is 3.84. The summed E-state index contributed by atoms with van der Waals surface area (Å²) in [6, 6.07) is 4.21. The Kier molecular flexibility index (Phi) is 4.32. The number of carbonyl (C=O) groups is 1. The molecule has 0 spiro atoms. The van der Waals surface area contributed by atoms with Crippen LogP contribution < -0.4 is 4.74 Å². The Hall–Kier alpha value is -1.98. The maximum absolute atomic E-state index is 13.1. The molecule has 0 aromatic heterocycles. The molecule has 1 amide bonds. The summed E-state index contributed by atoms with van der Waals surface area (Å²) in [6.07, 6.45) is 3.01. The number of aromatic hydroxyl groups is 1. The van der Waals surface area contributed by atoms with Crippen LogP contribution in [0, 0.1) is 5.82 Å². The molecule has 2 fully saturated rings. The molecular formula is C18H24FNO4. The second-order valence-electron chi connectivity index (χ2n) is 7.60. The average Bonchev–Trinajstić information content (AvgIpc) is 2.73. The molecule has 2 bridgehead atoms. The number of benzene rings is 1. The largest absolute Gasteiger partial charge is 0.505 e. The van der Waals surface area contributed by atoms with Crippen LogP contribution in [-0.4, -0.2) is 39.9 Å². The first kappa shape index (κ1) is 16.9. The first-order valence-electron chi connectivity index (χ1n) is 8.39. The van der Waals surface area contributed by atoms with Gasteiger partial charge in [0.1, 0.15) is 17.5 Å². The number of fused-ring (bicyclic) bond motifs is 2. The normalized spacial score (nSPS) is 26.3. The Morgan fingerprint density at radius 2 is 1.88 bits per heavy atom. The molecule has 24 heavy (non-hydrogen) atoms. The quantitative estimate of drug-likeness (QED) is 0.891. The third kappa shape index (κ3) is 3.57. The molecule has 2 aliphatic heterocycles. The summed E-state index contributed by atoms with van der Waals surface area (Å²) in [5.41, 5.74) is -0.504.